The maximum atomic E-state index is 11.1. The van der Waals surface area contributed by atoms with Gasteiger partial charge in [0.05, 0.1) is 0 Å². The number of hydrogen-bond acceptors (Lipinski definition) is 2. The summed E-state index contributed by atoms with van der Waals surface area (Å²) in [7, 11) is 0. The van der Waals surface area contributed by atoms with Gasteiger partial charge in [-0.05, 0) is 18.9 Å². The number of carbonyl (C=O) groups is 1. The van der Waals surface area contributed by atoms with E-state index >= 15 is 0 Å². The topological polar surface area (TPSA) is 29.1 Å². The van der Waals surface area contributed by atoms with Crippen molar-refractivity contribution < 1.29 is 4.79 Å². The number of ketones is 1. The lowest BCUT2D eigenvalue weighted by Crippen LogP contribution is -2.36. The van der Waals surface area contributed by atoms with Gasteiger partial charge in [0.25, 0.3) is 0 Å². The number of fused-ring (bicyclic) bond motifs is 1. The van der Waals surface area contributed by atoms with Crippen LogP contribution in [0.5, 0.6) is 0 Å². The number of nitrogens with one attached hydrogen (secondary N) is 1. The van der Waals surface area contributed by atoms with E-state index in [0.717, 1.165) is 18.7 Å². The number of hydrogen-bond donors (Lipinski definition) is 1. The Morgan fingerprint density at radius 3 is 3.25 bits per heavy atom. The summed E-state index contributed by atoms with van der Waals surface area (Å²) in [5.74, 6) is 0.108. The largest absolute Gasteiger partial charge is 0.388 e. The number of carbonyl (C=O) groups excluding carboxylic acids is 1. The van der Waals surface area contributed by atoms with Crippen LogP contribution in [0, 0.1) is 5.41 Å². The summed E-state index contributed by atoms with van der Waals surface area (Å²) in [6.07, 6.45) is 7.76. The van der Waals surface area contributed by atoms with Crippen molar-refractivity contribution in [1.29, 1.82) is 0 Å². The van der Waals surface area contributed by atoms with Crippen LogP contribution in [-0.4, -0.2) is 12.3 Å². The highest BCUT2D eigenvalue weighted by molar-refractivity contribution is 6.01. The Morgan fingerprint density at radius 2 is 2.42 bits per heavy atom. The minimum atomic E-state index is 0.103. The molecule has 1 N–H and O–H groups in total. The zero-order chi connectivity index (χ0) is 8.60. The van der Waals surface area contributed by atoms with Crippen LogP contribution in [0.4, 0.5) is 0 Å². The summed E-state index contributed by atoms with van der Waals surface area (Å²) in [6.45, 7) is 3.18. The number of rotatable bonds is 0. The molecule has 0 bridgehead atoms. The minimum Gasteiger partial charge on any atom is -0.388 e. The molecule has 0 saturated carbocycles. The molecule has 2 nitrogen and oxygen atoms in total. The Balaban J connectivity index is 2.34. The van der Waals surface area contributed by atoms with E-state index in [9.17, 15) is 4.79 Å². The predicted molar refractivity (Wildman–Crippen MR) is 47.6 cm³/mol. The summed E-state index contributed by atoms with van der Waals surface area (Å²) < 4.78 is 0. The van der Waals surface area contributed by atoms with Crippen LogP contribution in [0.2, 0.25) is 0 Å². The van der Waals surface area contributed by atoms with Gasteiger partial charge in [0.2, 0.25) is 0 Å². The van der Waals surface area contributed by atoms with Gasteiger partial charge >= 0.3 is 0 Å². The summed E-state index contributed by atoms with van der Waals surface area (Å²) in [4.78, 5) is 11.1. The van der Waals surface area contributed by atoms with Crippen molar-refractivity contribution >= 4 is 5.78 Å². The van der Waals surface area contributed by atoms with Crippen LogP contribution >= 0.6 is 0 Å². The molecule has 1 heterocycles. The average molecular weight is 163 g/mol. The highest BCUT2D eigenvalue weighted by atomic mass is 16.1. The van der Waals surface area contributed by atoms with Crippen molar-refractivity contribution in [3.63, 3.8) is 0 Å². The molecule has 1 aliphatic carbocycles. The van der Waals surface area contributed by atoms with E-state index in [1.54, 1.807) is 12.2 Å². The summed E-state index contributed by atoms with van der Waals surface area (Å²) >= 11 is 0. The summed E-state index contributed by atoms with van der Waals surface area (Å²) in [5, 5.41) is 3.28. The van der Waals surface area contributed by atoms with Gasteiger partial charge < -0.3 is 5.32 Å². The molecule has 1 aliphatic heterocycles. The quantitative estimate of drug-likeness (QED) is 0.585. The first kappa shape index (κ1) is 7.59. The molecule has 64 valence electrons. The molecule has 0 unspecified atom stereocenters. The second-order valence-corrected chi connectivity index (χ2v) is 3.74. The molecule has 2 rings (SSSR count). The lowest BCUT2D eigenvalue weighted by Gasteiger charge is -2.36. The second-order valence-electron chi connectivity index (χ2n) is 3.74. The van der Waals surface area contributed by atoms with Crippen molar-refractivity contribution in [1.82, 2.24) is 5.32 Å². The van der Waals surface area contributed by atoms with Crippen molar-refractivity contribution in [2.24, 2.45) is 5.41 Å². The minimum absolute atomic E-state index is 0.103. The smallest absolute Gasteiger partial charge is 0.180 e. The average Bonchev–Trinajstić information content (AvgIpc) is 2.06. The first-order valence-electron chi connectivity index (χ1n) is 4.40. The van der Waals surface area contributed by atoms with Crippen LogP contribution in [0.3, 0.4) is 0 Å². The standard InChI is InChI=1S/C10H13NO/c1-10-4-2-6-11-9(10)7-8(12)3-5-10/h3,5,7,11H,2,4,6H2,1H3/t10-/m0/s1. The zero-order valence-corrected chi connectivity index (χ0v) is 7.26. The maximum absolute atomic E-state index is 11.1. The van der Waals surface area contributed by atoms with E-state index in [1.165, 1.54) is 6.42 Å². The molecule has 0 amide bonds. The number of piperidine rings is 1. The molecule has 12 heavy (non-hydrogen) atoms. The zero-order valence-electron chi connectivity index (χ0n) is 7.26. The molecule has 1 fully saturated rings. The van der Waals surface area contributed by atoms with Crippen molar-refractivity contribution in [2.75, 3.05) is 6.54 Å². The molecule has 2 aliphatic rings. The first-order chi connectivity index (χ1) is 5.71. The number of allylic oxidation sites excluding steroid dienone is 3. The SMILES string of the molecule is C[C@]12C=CC(=O)C=C1NCCC2. The Labute approximate surface area is 72.3 Å². The normalized spacial score (nSPS) is 33.8. The van der Waals surface area contributed by atoms with Gasteiger partial charge in [-0.3, -0.25) is 4.79 Å². The fraction of sp³-hybridized carbons (Fsp3) is 0.500. The Morgan fingerprint density at radius 1 is 1.58 bits per heavy atom. The lowest BCUT2D eigenvalue weighted by molar-refractivity contribution is -0.110. The lowest BCUT2D eigenvalue weighted by atomic mass is 9.76. The van der Waals surface area contributed by atoms with Gasteiger partial charge in [-0.2, -0.15) is 0 Å². The van der Waals surface area contributed by atoms with Crippen LogP contribution in [0.1, 0.15) is 19.8 Å². The Kier molecular flexibility index (Phi) is 1.56. The molecule has 0 spiro atoms. The van der Waals surface area contributed by atoms with Gasteiger partial charge in [-0.25, -0.2) is 0 Å². The molecule has 1 saturated heterocycles. The van der Waals surface area contributed by atoms with Crippen molar-refractivity contribution in [3.8, 4) is 0 Å². The third kappa shape index (κ3) is 1.07. The monoisotopic (exact) mass is 163 g/mol. The van der Waals surface area contributed by atoms with Crippen LogP contribution in [0.25, 0.3) is 0 Å². The molecule has 0 aromatic carbocycles. The summed E-state index contributed by atoms with van der Waals surface area (Å²) in [6, 6.07) is 0. The van der Waals surface area contributed by atoms with Crippen LogP contribution in [0.15, 0.2) is 23.9 Å². The maximum Gasteiger partial charge on any atom is 0.180 e. The Bertz CT molecular complexity index is 278. The highest BCUT2D eigenvalue weighted by Crippen LogP contribution is 2.36. The van der Waals surface area contributed by atoms with Gasteiger partial charge in [0.1, 0.15) is 0 Å². The molecule has 1 atom stereocenters. The van der Waals surface area contributed by atoms with Crippen molar-refractivity contribution in [2.45, 2.75) is 19.8 Å². The predicted octanol–water partition coefficient (Wildman–Crippen LogP) is 1.40. The highest BCUT2D eigenvalue weighted by Gasteiger charge is 2.31. The van der Waals surface area contributed by atoms with Gasteiger partial charge in [0, 0.05) is 23.7 Å². The van der Waals surface area contributed by atoms with E-state index in [1.807, 2.05) is 6.08 Å². The fourth-order valence-electron chi connectivity index (χ4n) is 1.86. The van der Waals surface area contributed by atoms with E-state index < -0.39 is 0 Å². The molecule has 0 aromatic heterocycles. The van der Waals surface area contributed by atoms with Gasteiger partial charge in [-0.15, -0.1) is 0 Å². The van der Waals surface area contributed by atoms with E-state index in [2.05, 4.69) is 12.2 Å². The third-order valence-electron chi connectivity index (χ3n) is 2.71. The van der Waals surface area contributed by atoms with E-state index in [4.69, 9.17) is 0 Å². The van der Waals surface area contributed by atoms with Crippen LogP contribution in [-0.2, 0) is 4.79 Å². The van der Waals surface area contributed by atoms with Crippen LogP contribution < -0.4 is 5.32 Å². The van der Waals surface area contributed by atoms with Gasteiger partial charge in [0.15, 0.2) is 5.78 Å². The molecule has 2 heteroatoms. The van der Waals surface area contributed by atoms with E-state index in [0.29, 0.717) is 0 Å². The van der Waals surface area contributed by atoms with E-state index in [-0.39, 0.29) is 11.2 Å². The van der Waals surface area contributed by atoms with Gasteiger partial charge in [-0.1, -0.05) is 13.0 Å². The first-order valence-corrected chi connectivity index (χ1v) is 4.40. The molecule has 0 radical (unpaired) electrons. The molecular formula is C10H13NO. The van der Waals surface area contributed by atoms with Crippen molar-refractivity contribution in [3.05, 3.63) is 23.9 Å². The molecule has 0 aromatic rings. The second kappa shape index (κ2) is 2.47. The third-order valence-corrected chi connectivity index (χ3v) is 2.71. The fourth-order valence-corrected chi connectivity index (χ4v) is 1.86. The summed E-state index contributed by atoms with van der Waals surface area (Å²) in [5.41, 5.74) is 1.20. The molecular weight excluding hydrogens is 150 g/mol. The Hall–Kier alpha value is -1.05.